The first-order valence-electron chi connectivity index (χ1n) is 7.32. The van der Waals surface area contributed by atoms with E-state index in [1.54, 1.807) is 4.90 Å². The number of piperidine rings is 1. The summed E-state index contributed by atoms with van der Waals surface area (Å²) in [5.41, 5.74) is 2.22. The summed E-state index contributed by atoms with van der Waals surface area (Å²) < 4.78 is 0. The Hall–Kier alpha value is -2.04. The van der Waals surface area contributed by atoms with Gasteiger partial charge in [-0.25, -0.2) is 4.79 Å². The second-order valence-electron chi connectivity index (χ2n) is 5.71. The number of nitrogens with zero attached hydrogens (tertiary/aromatic N) is 1. The zero-order valence-corrected chi connectivity index (χ0v) is 12.5. The van der Waals surface area contributed by atoms with Crippen LogP contribution in [0.15, 0.2) is 24.3 Å². The zero-order valence-electron chi connectivity index (χ0n) is 12.5. The Morgan fingerprint density at radius 2 is 2.00 bits per heavy atom. The molecular weight excluding hydrogens is 268 g/mol. The maximum absolute atomic E-state index is 12.2. The molecule has 2 amide bonds. The number of carbonyl (C=O) groups excluding carboxylic acids is 1. The summed E-state index contributed by atoms with van der Waals surface area (Å²) in [5, 5.41) is 12.0. The fraction of sp³-hybridized carbons (Fsp3) is 0.500. The monoisotopic (exact) mass is 290 g/mol. The molecule has 2 N–H and O–H groups in total. The molecule has 1 fully saturated rings. The van der Waals surface area contributed by atoms with E-state index in [0.717, 1.165) is 12.0 Å². The Labute approximate surface area is 125 Å². The summed E-state index contributed by atoms with van der Waals surface area (Å²) in [5.74, 6) is -1.27. The number of amides is 2. The number of hydrogen-bond donors (Lipinski definition) is 2. The minimum atomic E-state index is -0.820. The quantitative estimate of drug-likeness (QED) is 0.899. The van der Waals surface area contributed by atoms with E-state index >= 15 is 0 Å². The Morgan fingerprint density at radius 1 is 1.33 bits per heavy atom. The maximum atomic E-state index is 12.2. The van der Waals surface area contributed by atoms with Gasteiger partial charge in [0.25, 0.3) is 0 Å². The summed E-state index contributed by atoms with van der Waals surface area (Å²) >= 11 is 0. The first-order valence-corrected chi connectivity index (χ1v) is 7.32. The summed E-state index contributed by atoms with van der Waals surface area (Å²) in [4.78, 5) is 24.9. The molecule has 21 heavy (non-hydrogen) atoms. The van der Waals surface area contributed by atoms with Crippen molar-refractivity contribution in [2.45, 2.75) is 32.7 Å². The molecule has 5 heteroatoms. The number of nitrogens with one attached hydrogen (secondary N) is 1. The van der Waals surface area contributed by atoms with Gasteiger partial charge in [-0.15, -0.1) is 0 Å². The van der Waals surface area contributed by atoms with Gasteiger partial charge in [-0.05, 0) is 32.3 Å². The van der Waals surface area contributed by atoms with Gasteiger partial charge >= 0.3 is 12.0 Å². The van der Waals surface area contributed by atoms with Crippen LogP contribution in [-0.4, -0.2) is 35.1 Å². The molecule has 5 nitrogen and oxygen atoms in total. The number of carboxylic acids is 1. The molecule has 1 aliphatic heterocycles. The minimum absolute atomic E-state index is 0.0942. The number of benzene rings is 1. The lowest BCUT2D eigenvalue weighted by molar-refractivity contribution is -0.143. The standard InChI is InChI=1S/C16H22N2O3/c1-11-5-7-13(8-6-11)12(2)17-16(21)18-9-3-4-14(10-18)15(19)20/h5-8,12,14H,3-4,9-10H2,1-2H3,(H,17,21)(H,19,20)/t12?,14-/m0/s1. The summed E-state index contributed by atoms with van der Waals surface area (Å²) in [7, 11) is 0. The highest BCUT2D eigenvalue weighted by molar-refractivity contribution is 5.77. The number of urea groups is 1. The largest absolute Gasteiger partial charge is 0.481 e. The fourth-order valence-corrected chi connectivity index (χ4v) is 2.58. The summed E-state index contributed by atoms with van der Waals surface area (Å²) in [6.07, 6.45) is 1.38. The van der Waals surface area contributed by atoms with E-state index in [1.165, 1.54) is 5.56 Å². The van der Waals surface area contributed by atoms with Crippen molar-refractivity contribution in [3.63, 3.8) is 0 Å². The zero-order chi connectivity index (χ0) is 15.4. The molecule has 1 aliphatic rings. The van der Waals surface area contributed by atoms with E-state index in [0.29, 0.717) is 19.5 Å². The number of hydrogen-bond acceptors (Lipinski definition) is 2. The van der Waals surface area contributed by atoms with Crippen LogP contribution in [0.4, 0.5) is 4.79 Å². The average molecular weight is 290 g/mol. The number of aliphatic carboxylic acids is 1. The summed E-state index contributed by atoms with van der Waals surface area (Å²) in [6.45, 7) is 4.87. The molecule has 1 saturated heterocycles. The molecule has 2 atom stereocenters. The molecule has 0 radical (unpaired) electrons. The van der Waals surface area contributed by atoms with Crippen molar-refractivity contribution < 1.29 is 14.7 Å². The highest BCUT2D eigenvalue weighted by Gasteiger charge is 2.28. The predicted molar refractivity (Wildman–Crippen MR) is 80.1 cm³/mol. The van der Waals surface area contributed by atoms with Crippen LogP contribution >= 0.6 is 0 Å². The number of rotatable bonds is 3. The second kappa shape index (κ2) is 6.61. The fourth-order valence-electron chi connectivity index (χ4n) is 2.58. The van der Waals surface area contributed by atoms with Crippen molar-refractivity contribution in [2.24, 2.45) is 5.92 Å². The Morgan fingerprint density at radius 3 is 2.62 bits per heavy atom. The van der Waals surface area contributed by atoms with Crippen molar-refractivity contribution in [3.05, 3.63) is 35.4 Å². The van der Waals surface area contributed by atoms with Gasteiger partial charge in [0.05, 0.1) is 12.0 Å². The summed E-state index contributed by atoms with van der Waals surface area (Å²) in [6, 6.07) is 7.74. The third-order valence-corrected chi connectivity index (χ3v) is 3.98. The molecular formula is C16H22N2O3. The highest BCUT2D eigenvalue weighted by atomic mass is 16.4. The van der Waals surface area contributed by atoms with Gasteiger partial charge in [-0.1, -0.05) is 29.8 Å². The van der Waals surface area contributed by atoms with Crippen LogP contribution in [-0.2, 0) is 4.79 Å². The normalized spacial score (nSPS) is 19.9. The topological polar surface area (TPSA) is 69.6 Å². The van der Waals surface area contributed by atoms with Crippen molar-refractivity contribution in [1.82, 2.24) is 10.2 Å². The van der Waals surface area contributed by atoms with Crippen LogP contribution in [0, 0.1) is 12.8 Å². The molecule has 0 aromatic heterocycles. The molecule has 1 aromatic rings. The SMILES string of the molecule is Cc1ccc(C(C)NC(=O)N2CCC[C@H](C(=O)O)C2)cc1. The van der Waals surface area contributed by atoms with Gasteiger partial charge in [-0.3, -0.25) is 4.79 Å². The van der Waals surface area contributed by atoms with Crippen LogP contribution in [0.1, 0.15) is 36.9 Å². The van der Waals surface area contributed by atoms with Gasteiger partial charge in [-0.2, -0.15) is 0 Å². The Kier molecular flexibility index (Phi) is 4.83. The van der Waals surface area contributed by atoms with Gasteiger partial charge in [0.15, 0.2) is 0 Å². The van der Waals surface area contributed by atoms with E-state index in [2.05, 4.69) is 5.32 Å². The smallest absolute Gasteiger partial charge is 0.317 e. The molecule has 1 unspecified atom stereocenters. The molecule has 1 heterocycles. The van der Waals surface area contributed by atoms with Gasteiger partial charge in [0.1, 0.15) is 0 Å². The first kappa shape index (κ1) is 15.4. The molecule has 0 spiro atoms. The minimum Gasteiger partial charge on any atom is -0.481 e. The first-order chi connectivity index (χ1) is 9.97. The lowest BCUT2D eigenvalue weighted by Crippen LogP contribution is -2.47. The lowest BCUT2D eigenvalue weighted by Gasteiger charge is -2.31. The van der Waals surface area contributed by atoms with E-state index in [9.17, 15) is 9.59 Å². The average Bonchev–Trinajstić information content (AvgIpc) is 2.48. The number of aryl methyl sites for hydroxylation is 1. The molecule has 0 aliphatic carbocycles. The van der Waals surface area contributed by atoms with Crippen molar-refractivity contribution in [3.8, 4) is 0 Å². The van der Waals surface area contributed by atoms with Crippen molar-refractivity contribution in [2.75, 3.05) is 13.1 Å². The number of carboxylic acid groups (broad SMARTS) is 1. The lowest BCUT2D eigenvalue weighted by atomic mass is 9.98. The van der Waals surface area contributed by atoms with E-state index in [-0.39, 0.29) is 12.1 Å². The van der Waals surface area contributed by atoms with E-state index < -0.39 is 11.9 Å². The van der Waals surface area contributed by atoms with Crippen LogP contribution < -0.4 is 5.32 Å². The second-order valence-corrected chi connectivity index (χ2v) is 5.71. The molecule has 114 valence electrons. The third-order valence-electron chi connectivity index (χ3n) is 3.98. The van der Waals surface area contributed by atoms with Gasteiger partial charge < -0.3 is 15.3 Å². The van der Waals surface area contributed by atoms with Crippen LogP contribution in [0.2, 0.25) is 0 Å². The van der Waals surface area contributed by atoms with Gasteiger partial charge in [0, 0.05) is 13.1 Å². The highest BCUT2D eigenvalue weighted by Crippen LogP contribution is 2.18. The molecule has 0 bridgehead atoms. The van der Waals surface area contributed by atoms with E-state index in [1.807, 2.05) is 38.1 Å². The molecule has 2 rings (SSSR count). The molecule has 0 saturated carbocycles. The van der Waals surface area contributed by atoms with Crippen LogP contribution in [0.3, 0.4) is 0 Å². The van der Waals surface area contributed by atoms with Crippen LogP contribution in [0.5, 0.6) is 0 Å². The van der Waals surface area contributed by atoms with Gasteiger partial charge in [0.2, 0.25) is 0 Å². The Bertz CT molecular complexity index is 513. The maximum Gasteiger partial charge on any atom is 0.317 e. The molecule has 1 aromatic carbocycles. The van der Waals surface area contributed by atoms with Crippen molar-refractivity contribution in [1.29, 1.82) is 0 Å². The van der Waals surface area contributed by atoms with E-state index in [4.69, 9.17) is 5.11 Å². The number of likely N-dealkylation sites (tertiary alicyclic amines) is 1. The third kappa shape index (κ3) is 3.97. The predicted octanol–water partition coefficient (Wildman–Crippen LogP) is 2.56. The Balaban J connectivity index is 1.94. The van der Waals surface area contributed by atoms with Crippen LogP contribution in [0.25, 0.3) is 0 Å². The van der Waals surface area contributed by atoms with Crippen molar-refractivity contribution >= 4 is 12.0 Å². The number of carbonyl (C=O) groups is 2.